The molecule has 17 heteroatoms. The summed E-state index contributed by atoms with van der Waals surface area (Å²) in [4.78, 5) is 40.4. The average Bonchev–Trinajstić information content (AvgIpc) is 3.00. The van der Waals surface area contributed by atoms with Gasteiger partial charge in [-0.05, 0) is 56.9 Å². The van der Waals surface area contributed by atoms with Crippen molar-refractivity contribution in [3.63, 3.8) is 0 Å². The predicted molar refractivity (Wildman–Crippen MR) is 166 cm³/mol. The number of alkyl carbamates (subject to hydrolysis) is 1. The molecule has 47 heavy (non-hydrogen) atoms. The van der Waals surface area contributed by atoms with Gasteiger partial charge in [0.2, 0.25) is 0 Å². The summed E-state index contributed by atoms with van der Waals surface area (Å²) in [6, 6.07) is 8.95. The lowest BCUT2D eigenvalue weighted by molar-refractivity contribution is -0.137. The van der Waals surface area contributed by atoms with Gasteiger partial charge in [-0.15, -0.1) is 0 Å². The molecule has 0 fully saturated rings. The van der Waals surface area contributed by atoms with Crippen LogP contribution in [0.25, 0.3) is 0 Å². The van der Waals surface area contributed by atoms with Gasteiger partial charge in [0.1, 0.15) is 11.3 Å². The number of rotatable bonds is 16. The molecular weight excluding hydrogens is 621 g/mol. The molecule has 3 amide bonds. The Kier molecular flexibility index (Phi) is 14.6. The summed E-state index contributed by atoms with van der Waals surface area (Å²) >= 11 is 0. The number of hydrogen-bond donors (Lipinski definition) is 7. The second-order valence-corrected chi connectivity index (χ2v) is 11.2. The molecule has 0 saturated carbocycles. The zero-order chi connectivity index (χ0) is 35.0. The smallest absolute Gasteiger partial charge is 0.416 e. The van der Waals surface area contributed by atoms with Crippen molar-refractivity contribution >= 4 is 17.9 Å². The Labute approximate surface area is 270 Å². The number of ether oxygens (including phenoxy) is 1. The normalized spacial score (nSPS) is 12.1. The van der Waals surface area contributed by atoms with Crippen molar-refractivity contribution in [3.05, 3.63) is 88.8 Å². The van der Waals surface area contributed by atoms with Crippen molar-refractivity contribution in [2.45, 2.75) is 65.0 Å². The average molecular weight is 663 g/mol. The lowest BCUT2D eigenvalue weighted by Gasteiger charge is -2.19. The highest BCUT2D eigenvalue weighted by atomic mass is 19.4. The Morgan fingerprint density at radius 1 is 1.00 bits per heavy atom. The summed E-state index contributed by atoms with van der Waals surface area (Å²) in [5.74, 6) is 4.66. The fourth-order valence-corrected chi connectivity index (χ4v) is 3.78. The summed E-state index contributed by atoms with van der Waals surface area (Å²) in [6.07, 6.45) is -0.373. The molecule has 0 saturated heterocycles. The third kappa shape index (κ3) is 15.1. The van der Waals surface area contributed by atoms with Crippen LogP contribution in [0.3, 0.4) is 0 Å². The topological polar surface area (TPSA) is 213 Å². The van der Waals surface area contributed by atoms with Crippen LogP contribution in [0, 0.1) is 5.53 Å². The van der Waals surface area contributed by atoms with Crippen molar-refractivity contribution in [3.8, 4) is 0 Å². The van der Waals surface area contributed by atoms with Crippen LogP contribution < -0.4 is 32.8 Å². The monoisotopic (exact) mass is 662 g/mol. The number of carbonyl (C=O) groups is 3. The molecule has 0 bridgehead atoms. The van der Waals surface area contributed by atoms with Crippen LogP contribution in [-0.4, -0.2) is 46.6 Å². The van der Waals surface area contributed by atoms with Crippen LogP contribution in [0.4, 0.5) is 18.0 Å². The number of carbonyl (C=O) groups excluding carboxylic acids is 3. The molecule has 1 aromatic carbocycles. The molecule has 0 radical (unpaired) electrons. The summed E-state index contributed by atoms with van der Waals surface area (Å²) in [6.45, 7) is 6.25. The Morgan fingerprint density at radius 3 is 2.30 bits per heavy atom. The minimum Gasteiger partial charge on any atom is -0.444 e. The minimum absolute atomic E-state index is 0.000277. The number of nitrogens with two attached hydrogens (primary N) is 2. The van der Waals surface area contributed by atoms with Crippen LogP contribution in [0.1, 0.15) is 56.0 Å². The van der Waals surface area contributed by atoms with E-state index in [0.29, 0.717) is 25.9 Å². The van der Waals surface area contributed by atoms with Gasteiger partial charge in [0, 0.05) is 44.8 Å². The van der Waals surface area contributed by atoms with Crippen molar-refractivity contribution in [2.75, 3.05) is 13.1 Å². The molecular formula is C30H41F3N10O4. The molecule has 1 heterocycles. The zero-order valence-corrected chi connectivity index (χ0v) is 26.4. The van der Waals surface area contributed by atoms with Crippen LogP contribution in [0.2, 0.25) is 0 Å². The van der Waals surface area contributed by atoms with Gasteiger partial charge in [-0.2, -0.15) is 18.3 Å². The van der Waals surface area contributed by atoms with Gasteiger partial charge >= 0.3 is 12.3 Å². The van der Waals surface area contributed by atoms with Crippen LogP contribution in [0.5, 0.6) is 0 Å². The van der Waals surface area contributed by atoms with E-state index >= 15 is 0 Å². The number of benzene rings is 1. The second-order valence-electron chi connectivity index (χ2n) is 11.2. The Hall–Kier alpha value is -5.19. The third-order valence-corrected chi connectivity index (χ3v) is 6.00. The highest BCUT2D eigenvalue weighted by Gasteiger charge is 2.30. The first kappa shape index (κ1) is 38.0. The maximum Gasteiger partial charge on any atom is 0.416 e. The summed E-state index contributed by atoms with van der Waals surface area (Å²) in [5.41, 5.74) is 12.9. The van der Waals surface area contributed by atoms with Crippen molar-refractivity contribution in [1.82, 2.24) is 31.3 Å². The molecule has 2 aromatic rings. The van der Waals surface area contributed by atoms with Gasteiger partial charge in [0.15, 0.2) is 5.70 Å². The number of nitrogens with zero attached hydrogens (tertiary/aromatic N) is 3. The number of pyridine rings is 1. The van der Waals surface area contributed by atoms with E-state index in [9.17, 15) is 27.6 Å². The highest BCUT2D eigenvalue weighted by Crippen LogP contribution is 2.29. The summed E-state index contributed by atoms with van der Waals surface area (Å²) < 4.78 is 43.8. The number of aromatic nitrogens is 1. The molecule has 0 spiro atoms. The van der Waals surface area contributed by atoms with E-state index in [4.69, 9.17) is 21.8 Å². The molecule has 2 rings (SSSR count). The van der Waals surface area contributed by atoms with E-state index in [1.165, 1.54) is 17.4 Å². The quantitative estimate of drug-likeness (QED) is 0.0461. The first-order chi connectivity index (χ1) is 22.1. The number of halogens is 3. The molecule has 9 N–H and O–H groups in total. The van der Waals surface area contributed by atoms with Crippen molar-refractivity contribution < 1.29 is 32.3 Å². The maximum absolute atomic E-state index is 12.8. The number of nitrogens with one attached hydrogen (secondary N) is 5. The number of hydrazine groups is 1. The van der Waals surface area contributed by atoms with Gasteiger partial charge in [-0.25, -0.2) is 16.2 Å². The van der Waals surface area contributed by atoms with Gasteiger partial charge in [-0.1, -0.05) is 24.3 Å². The van der Waals surface area contributed by atoms with E-state index < -0.39 is 35.2 Å². The van der Waals surface area contributed by atoms with Crippen LogP contribution in [0.15, 0.2) is 71.5 Å². The standard InChI is InChI=1S/C30H41F3N10O4/c1-29(2,3)47-28(46)41-16-21-8-6-7-20(13-21)15-39-26(44)24(34)19-43(36)12-5-4-10-37-18-25(42-35)27(45)40-17-23-14-22(9-11-38-23)30(31,32)33/h6-9,11,13-14,18-19,35,37H,4-5,10,12,15-17,34,36H2,1-3H3,(H,39,44)(H,40,45)(H,41,46)/b24-19-,25-18-,42-35?. The van der Waals surface area contributed by atoms with Gasteiger partial charge in [-0.3, -0.25) is 14.6 Å². The molecule has 0 aliphatic rings. The lowest BCUT2D eigenvalue weighted by Crippen LogP contribution is -2.33. The molecule has 0 atom stereocenters. The fraction of sp³-hybridized carbons (Fsp3) is 0.400. The SMILES string of the molecule is CC(C)(C)OC(=O)NCc1cccc(CNC(=O)/C(N)=C/N(N)CCCCN/C=C(\N=N)C(=O)NCc2cc(C(F)(F)F)ccn2)c1. The molecule has 14 nitrogen and oxygen atoms in total. The number of amides is 3. The second kappa shape index (κ2) is 18.1. The molecule has 0 unspecified atom stereocenters. The molecule has 1 aromatic heterocycles. The van der Waals surface area contributed by atoms with Crippen LogP contribution >= 0.6 is 0 Å². The lowest BCUT2D eigenvalue weighted by atomic mass is 10.1. The van der Waals surface area contributed by atoms with E-state index in [2.05, 4.69) is 31.4 Å². The van der Waals surface area contributed by atoms with E-state index in [1.54, 1.807) is 26.8 Å². The first-order valence-electron chi connectivity index (χ1n) is 14.5. The largest absolute Gasteiger partial charge is 0.444 e. The number of alkyl halides is 3. The Bertz CT molecular complexity index is 1440. The predicted octanol–water partition coefficient (Wildman–Crippen LogP) is 3.28. The van der Waals surface area contributed by atoms with Crippen molar-refractivity contribution in [1.29, 1.82) is 5.53 Å². The number of unbranched alkanes of at least 4 members (excludes halogenated alkanes) is 1. The van der Waals surface area contributed by atoms with E-state index in [0.717, 1.165) is 29.5 Å². The zero-order valence-electron chi connectivity index (χ0n) is 26.4. The van der Waals surface area contributed by atoms with E-state index in [1.807, 2.05) is 18.2 Å². The number of hydrogen-bond acceptors (Lipinski definition) is 11. The fourth-order valence-electron chi connectivity index (χ4n) is 3.78. The third-order valence-electron chi connectivity index (χ3n) is 6.00. The summed E-state index contributed by atoms with van der Waals surface area (Å²) in [5, 5.41) is 15.0. The van der Waals surface area contributed by atoms with Gasteiger partial charge < -0.3 is 36.7 Å². The highest BCUT2D eigenvalue weighted by molar-refractivity contribution is 5.92. The minimum atomic E-state index is -4.54. The van der Waals surface area contributed by atoms with E-state index in [-0.39, 0.29) is 36.7 Å². The van der Waals surface area contributed by atoms with Gasteiger partial charge in [0.05, 0.1) is 17.8 Å². The Morgan fingerprint density at radius 2 is 1.66 bits per heavy atom. The van der Waals surface area contributed by atoms with Gasteiger partial charge in [0.25, 0.3) is 11.8 Å². The maximum atomic E-state index is 12.8. The Balaban J connectivity index is 1.70. The van der Waals surface area contributed by atoms with Crippen LogP contribution in [-0.2, 0) is 40.1 Å². The first-order valence-corrected chi connectivity index (χ1v) is 14.5. The van der Waals surface area contributed by atoms with Crippen molar-refractivity contribution in [2.24, 2.45) is 16.7 Å². The molecule has 0 aliphatic heterocycles. The summed E-state index contributed by atoms with van der Waals surface area (Å²) in [7, 11) is 0. The molecule has 256 valence electrons. The molecule has 0 aliphatic carbocycles.